The first-order valence-corrected chi connectivity index (χ1v) is 5.95. The highest BCUT2D eigenvalue weighted by Crippen LogP contribution is 2.49. The summed E-state index contributed by atoms with van der Waals surface area (Å²) in [5.41, 5.74) is -0.551. The Balaban J connectivity index is 2.31. The summed E-state index contributed by atoms with van der Waals surface area (Å²) >= 11 is 0. The van der Waals surface area contributed by atoms with Gasteiger partial charge >= 0.3 is 11.9 Å². The molecule has 0 amide bonds. The van der Waals surface area contributed by atoms with E-state index >= 15 is 0 Å². The molecule has 0 radical (unpaired) electrons. The second-order valence-electron chi connectivity index (χ2n) is 4.71. The number of hydrogen-bond acceptors (Lipinski definition) is 4. The molecule has 0 N–H and O–H groups in total. The molecule has 1 saturated heterocycles. The average molecular weight is 226 g/mol. The fourth-order valence-corrected chi connectivity index (χ4v) is 3.14. The molecule has 4 nitrogen and oxygen atoms in total. The van der Waals surface area contributed by atoms with E-state index < -0.39 is 11.5 Å². The number of esters is 2. The van der Waals surface area contributed by atoms with E-state index in [9.17, 15) is 9.59 Å². The van der Waals surface area contributed by atoms with Crippen LogP contribution in [0.3, 0.4) is 0 Å². The van der Waals surface area contributed by atoms with Gasteiger partial charge in [-0.2, -0.15) is 0 Å². The zero-order valence-electron chi connectivity index (χ0n) is 9.82. The van der Waals surface area contributed by atoms with Crippen molar-refractivity contribution in [1.82, 2.24) is 0 Å². The van der Waals surface area contributed by atoms with Gasteiger partial charge < -0.3 is 9.47 Å². The van der Waals surface area contributed by atoms with Crippen molar-refractivity contribution in [1.29, 1.82) is 0 Å². The van der Waals surface area contributed by atoms with Crippen molar-refractivity contribution in [2.24, 2.45) is 11.8 Å². The molecule has 2 atom stereocenters. The van der Waals surface area contributed by atoms with Gasteiger partial charge in [0.1, 0.15) is 11.5 Å². The van der Waals surface area contributed by atoms with E-state index in [-0.39, 0.29) is 17.9 Å². The van der Waals surface area contributed by atoms with E-state index in [1.54, 1.807) is 0 Å². The number of carbonyl (C=O) groups excluding carboxylic acids is 2. The first-order valence-electron chi connectivity index (χ1n) is 5.95. The summed E-state index contributed by atoms with van der Waals surface area (Å²) in [6.45, 7) is 1.91. The number of hydrogen-bond donors (Lipinski definition) is 0. The van der Waals surface area contributed by atoms with Crippen LogP contribution in [-0.2, 0) is 19.1 Å². The molecule has 1 spiro atoms. The molecule has 1 heterocycles. The van der Waals surface area contributed by atoms with Crippen molar-refractivity contribution in [3.63, 3.8) is 0 Å². The Morgan fingerprint density at radius 1 is 1.50 bits per heavy atom. The van der Waals surface area contributed by atoms with Gasteiger partial charge in [-0.15, -0.1) is 0 Å². The zero-order valence-corrected chi connectivity index (χ0v) is 9.82. The zero-order chi connectivity index (χ0) is 11.8. The van der Waals surface area contributed by atoms with Crippen molar-refractivity contribution in [2.75, 3.05) is 7.11 Å². The van der Waals surface area contributed by atoms with E-state index in [2.05, 4.69) is 0 Å². The predicted molar refractivity (Wildman–Crippen MR) is 56.6 cm³/mol. The van der Waals surface area contributed by atoms with E-state index in [1.807, 2.05) is 6.92 Å². The van der Waals surface area contributed by atoms with Crippen molar-refractivity contribution >= 4 is 11.9 Å². The lowest BCUT2D eigenvalue weighted by Crippen LogP contribution is -2.39. The maximum Gasteiger partial charge on any atom is 0.313 e. The van der Waals surface area contributed by atoms with Gasteiger partial charge in [0, 0.05) is 0 Å². The fourth-order valence-electron chi connectivity index (χ4n) is 3.14. The highest BCUT2D eigenvalue weighted by atomic mass is 16.6. The largest absolute Gasteiger partial charge is 0.469 e. The smallest absolute Gasteiger partial charge is 0.313 e. The lowest BCUT2D eigenvalue weighted by atomic mass is 9.78. The molecule has 0 aromatic rings. The molecule has 16 heavy (non-hydrogen) atoms. The van der Waals surface area contributed by atoms with Crippen LogP contribution >= 0.6 is 0 Å². The Morgan fingerprint density at radius 3 is 2.62 bits per heavy atom. The highest BCUT2D eigenvalue weighted by Gasteiger charge is 2.59. The van der Waals surface area contributed by atoms with Gasteiger partial charge in [-0.1, -0.05) is 6.92 Å². The molecular formula is C12H18O4. The predicted octanol–water partition coefficient (Wildman–Crippen LogP) is 1.67. The summed E-state index contributed by atoms with van der Waals surface area (Å²) in [6.07, 6.45) is 4.29. The second kappa shape index (κ2) is 4.07. The molecule has 2 fully saturated rings. The van der Waals surface area contributed by atoms with Crippen LogP contribution in [0.4, 0.5) is 0 Å². The standard InChI is InChI=1S/C12H18O4/c1-3-8-9(11(14)15-2)12(16-10(8)13)6-4-5-7-12/h8-9H,3-7H2,1-2H3. The minimum Gasteiger partial charge on any atom is -0.469 e. The summed E-state index contributed by atoms with van der Waals surface area (Å²) in [7, 11) is 1.38. The number of rotatable bonds is 2. The molecular weight excluding hydrogens is 208 g/mol. The maximum atomic E-state index is 11.8. The van der Waals surface area contributed by atoms with E-state index in [1.165, 1.54) is 7.11 Å². The van der Waals surface area contributed by atoms with Gasteiger partial charge in [0.25, 0.3) is 0 Å². The van der Waals surface area contributed by atoms with Crippen LogP contribution < -0.4 is 0 Å². The summed E-state index contributed by atoms with van der Waals surface area (Å²) in [5.74, 6) is -1.22. The molecule has 2 unspecified atom stereocenters. The summed E-state index contributed by atoms with van der Waals surface area (Å²) in [5, 5.41) is 0. The Bertz CT molecular complexity index is 304. The molecule has 0 bridgehead atoms. The molecule has 0 aromatic carbocycles. The highest BCUT2D eigenvalue weighted by molar-refractivity contribution is 5.86. The van der Waals surface area contributed by atoms with Crippen LogP contribution in [0.2, 0.25) is 0 Å². The molecule has 4 heteroatoms. The van der Waals surface area contributed by atoms with Crippen molar-refractivity contribution in [3.8, 4) is 0 Å². The van der Waals surface area contributed by atoms with Crippen LogP contribution in [0.15, 0.2) is 0 Å². The first kappa shape index (κ1) is 11.4. The quantitative estimate of drug-likeness (QED) is 0.672. The minimum atomic E-state index is -0.551. The Kier molecular flexibility index (Phi) is 2.91. The molecule has 2 rings (SSSR count). The van der Waals surface area contributed by atoms with Crippen LogP contribution in [0.5, 0.6) is 0 Å². The average Bonchev–Trinajstić information content (AvgIpc) is 2.83. The Morgan fingerprint density at radius 2 is 2.12 bits per heavy atom. The molecule has 1 saturated carbocycles. The third-order valence-corrected chi connectivity index (χ3v) is 3.92. The van der Waals surface area contributed by atoms with Gasteiger partial charge in [0.05, 0.1) is 13.0 Å². The number of methoxy groups -OCH3 is 1. The molecule has 2 aliphatic rings. The third kappa shape index (κ3) is 1.51. The lowest BCUT2D eigenvalue weighted by molar-refractivity contribution is -0.155. The van der Waals surface area contributed by atoms with Crippen LogP contribution in [0, 0.1) is 11.8 Å². The minimum absolute atomic E-state index is 0.222. The number of carbonyl (C=O) groups is 2. The van der Waals surface area contributed by atoms with Crippen molar-refractivity contribution in [3.05, 3.63) is 0 Å². The van der Waals surface area contributed by atoms with Gasteiger partial charge in [-0.3, -0.25) is 9.59 Å². The SMILES string of the molecule is CCC1C(=O)OC2(CCCC2)C1C(=O)OC. The van der Waals surface area contributed by atoms with E-state index in [0.29, 0.717) is 6.42 Å². The van der Waals surface area contributed by atoms with Gasteiger partial charge in [0.2, 0.25) is 0 Å². The summed E-state index contributed by atoms with van der Waals surface area (Å²) in [6, 6.07) is 0. The lowest BCUT2D eigenvalue weighted by Gasteiger charge is -2.28. The third-order valence-electron chi connectivity index (χ3n) is 3.92. The normalized spacial score (nSPS) is 31.8. The van der Waals surface area contributed by atoms with Crippen LogP contribution in [-0.4, -0.2) is 24.6 Å². The van der Waals surface area contributed by atoms with Crippen molar-refractivity contribution in [2.45, 2.75) is 44.6 Å². The Hall–Kier alpha value is -1.06. The molecule has 90 valence electrons. The molecule has 1 aliphatic heterocycles. The van der Waals surface area contributed by atoms with Crippen LogP contribution in [0.1, 0.15) is 39.0 Å². The van der Waals surface area contributed by atoms with Gasteiger partial charge in [0.15, 0.2) is 0 Å². The van der Waals surface area contributed by atoms with Crippen molar-refractivity contribution < 1.29 is 19.1 Å². The maximum absolute atomic E-state index is 11.8. The molecule has 0 aromatic heterocycles. The topological polar surface area (TPSA) is 52.6 Å². The summed E-state index contributed by atoms with van der Waals surface area (Å²) < 4.78 is 10.3. The Labute approximate surface area is 95.3 Å². The van der Waals surface area contributed by atoms with Gasteiger partial charge in [-0.05, 0) is 32.1 Å². The van der Waals surface area contributed by atoms with E-state index in [0.717, 1.165) is 25.7 Å². The fraction of sp³-hybridized carbons (Fsp3) is 0.833. The number of ether oxygens (including phenoxy) is 2. The first-order chi connectivity index (χ1) is 7.64. The van der Waals surface area contributed by atoms with Gasteiger partial charge in [-0.25, -0.2) is 0 Å². The monoisotopic (exact) mass is 226 g/mol. The molecule has 1 aliphatic carbocycles. The second-order valence-corrected chi connectivity index (χ2v) is 4.71. The summed E-state index contributed by atoms with van der Waals surface area (Å²) in [4.78, 5) is 23.6. The van der Waals surface area contributed by atoms with E-state index in [4.69, 9.17) is 9.47 Å². The van der Waals surface area contributed by atoms with Crippen LogP contribution in [0.25, 0.3) is 0 Å².